The Morgan fingerprint density at radius 1 is 1.41 bits per heavy atom. The van der Waals surface area contributed by atoms with Crippen molar-refractivity contribution in [2.75, 3.05) is 32.1 Å². The number of nitrogens with zero attached hydrogens (tertiary/aromatic N) is 3. The van der Waals surface area contributed by atoms with E-state index < -0.39 is 0 Å². The van der Waals surface area contributed by atoms with Crippen molar-refractivity contribution in [3.05, 3.63) is 23.9 Å². The Kier molecular flexibility index (Phi) is 3.97. The first-order chi connectivity index (χ1) is 8.20. The van der Waals surface area contributed by atoms with E-state index in [1.807, 2.05) is 12.1 Å². The monoisotopic (exact) mass is 235 g/mol. The molecule has 0 spiro atoms. The van der Waals surface area contributed by atoms with Gasteiger partial charge >= 0.3 is 0 Å². The fourth-order valence-electron chi connectivity index (χ4n) is 2.34. The van der Waals surface area contributed by atoms with Gasteiger partial charge < -0.3 is 14.9 Å². The van der Waals surface area contributed by atoms with Crippen LogP contribution in [0.1, 0.15) is 18.4 Å². The van der Waals surface area contributed by atoms with E-state index in [4.69, 9.17) is 5.11 Å². The molecule has 0 unspecified atom stereocenters. The van der Waals surface area contributed by atoms with Gasteiger partial charge in [0.05, 0.1) is 6.61 Å². The van der Waals surface area contributed by atoms with Crippen LogP contribution in [-0.4, -0.2) is 48.2 Å². The molecule has 17 heavy (non-hydrogen) atoms. The molecule has 0 aromatic carbocycles. The number of piperidine rings is 1. The van der Waals surface area contributed by atoms with Gasteiger partial charge in [0.15, 0.2) is 0 Å². The van der Waals surface area contributed by atoms with Crippen molar-refractivity contribution >= 4 is 5.82 Å². The van der Waals surface area contributed by atoms with Crippen molar-refractivity contribution in [2.24, 2.45) is 0 Å². The maximum absolute atomic E-state index is 9.12. The quantitative estimate of drug-likeness (QED) is 0.852. The number of rotatable bonds is 3. The van der Waals surface area contributed by atoms with Gasteiger partial charge in [0, 0.05) is 25.3 Å². The fraction of sp³-hybridized carbons (Fsp3) is 0.615. The third kappa shape index (κ3) is 2.96. The maximum atomic E-state index is 9.12. The molecule has 4 heteroatoms. The molecule has 0 radical (unpaired) electrons. The Morgan fingerprint density at radius 3 is 2.71 bits per heavy atom. The molecule has 0 saturated carbocycles. The van der Waals surface area contributed by atoms with Gasteiger partial charge in [0.2, 0.25) is 0 Å². The molecule has 4 nitrogen and oxygen atoms in total. The minimum atomic E-state index is 0.0870. The summed E-state index contributed by atoms with van der Waals surface area (Å²) in [7, 11) is 4.29. The first-order valence-electron chi connectivity index (χ1n) is 6.18. The lowest BCUT2D eigenvalue weighted by Crippen LogP contribution is -2.42. The van der Waals surface area contributed by atoms with Crippen LogP contribution in [0.3, 0.4) is 0 Å². The van der Waals surface area contributed by atoms with Gasteiger partial charge in [-0.3, -0.25) is 0 Å². The molecule has 1 N–H and O–H groups in total. The SMILES string of the molecule is CN(C)C1CCN(c2cc(CO)ccn2)CC1. The number of aromatic nitrogens is 1. The summed E-state index contributed by atoms with van der Waals surface area (Å²) in [6.45, 7) is 2.18. The van der Waals surface area contributed by atoms with Crippen molar-refractivity contribution in [1.82, 2.24) is 9.88 Å². The van der Waals surface area contributed by atoms with Crippen molar-refractivity contribution in [3.63, 3.8) is 0 Å². The Morgan fingerprint density at radius 2 is 2.12 bits per heavy atom. The van der Waals surface area contributed by atoms with E-state index in [1.54, 1.807) is 6.20 Å². The predicted octanol–water partition coefficient (Wildman–Crippen LogP) is 1.10. The largest absolute Gasteiger partial charge is 0.392 e. The lowest BCUT2D eigenvalue weighted by molar-refractivity contribution is 0.249. The van der Waals surface area contributed by atoms with E-state index in [1.165, 1.54) is 12.8 Å². The van der Waals surface area contributed by atoms with Crippen LogP contribution in [0.15, 0.2) is 18.3 Å². The number of pyridine rings is 1. The summed E-state index contributed by atoms with van der Waals surface area (Å²) in [5.74, 6) is 0.994. The standard InChI is InChI=1S/C13H21N3O/c1-15(2)12-4-7-16(8-5-12)13-9-11(10-17)3-6-14-13/h3,6,9,12,17H,4-5,7-8,10H2,1-2H3. The first kappa shape index (κ1) is 12.3. The minimum Gasteiger partial charge on any atom is -0.392 e. The summed E-state index contributed by atoms with van der Waals surface area (Å²) in [6, 6.07) is 4.53. The molecule has 2 heterocycles. The molecule has 0 amide bonds. The molecule has 1 fully saturated rings. The van der Waals surface area contributed by atoms with Crippen molar-refractivity contribution in [1.29, 1.82) is 0 Å². The van der Waals surface area contributed by atoms with Crippen LogP contribution in [-0.2, 0) is 6.61 Å². The molecular formula is C13H21N3O. The highest BCUT2D eigenvalue weighted by atomic mass is 16.3. The van der Waals surface area contributed by atoms with Gasteiger partial charge in [-0.15, -0.1) is 0 Å². The van der Waals surface area contributed by atoms with Crippen LogP contribution in [0.25, 0.3) is 0 Å². The van der Waals surface area contributed by atoms with Gasteiger partial charge in [-0.1, -0.05) is 0 Å². The van der Waals surface area contributed by atoms with Crippen LogP contribution in [0.2, 0.25) is 0 Å². The molecule has 0 atom stereocenters. The summed E-state index contributed by atoms with van der Waals surface area (Å²) >= 11 is 0. The molecule has 0 bridgehead atoms. The normalized spacial score (nSPS) is 17.8. The average molecular weight is 235 g/mol. The molecule has 1 aromatic heterocycles. The van der Waals surface area contributed by atoms with Gasteiger partial charge in [0.1, 0.15) is 5.82 Å². The van der Waals surface area contributed by atoms with Gasteiger partial charge in [-0.25, -0.2) is 4.98 Å². The summed E-state index contributed by atoms with van der Waals surface area (Å²) in [5, 5.41) is 9.12. The Labute approximate surface area is 103 Å². The van der Waals surface area contributed by atoms with Crippen LogP contribution < -0.4 is 4.90 Å². The number of hydrogen-bond acceptors (Lipinski definition) is 4. The summed E-state index contributed by atoms with van der Waals surface area (Å²) in [4.78, 5) is 8.99. The lowest BCUT2D eigenvalue weighted by Gasteiger charge is -2.35. The lowest BCUT2D eigenvalue weighted by atomic mass is 10.0. The van der Waals surface area contributed by atoms with Gasteiger partial charge in [0.25, 0.3) is 0 Å². The second kappa shape index (κ2) is 5.47. The zero-order valence-corrected chi connectivity index (χ0v) is 10.6. The molecule has 1 aliphatic rings. The Balaban J connectivity index is 2.00. The summed E-state index contributed by atoms with van der Waals surface area (Å²) in [5.41, 5.74) is 0.935. The number of hydrogen-bond donors (Lipinski definition) is 1. The van der Waals surface area contributed by atoms with Crippen molar-refractivity contribution in [2.45, 2.75) is 25.5 Å². The van der Waals surface area contributed by atoms with Gasteiger partial charge in [-0.05, 0) is 44.6 Å². The molecule has 1 saturated heterocycles. The minimum absolute atomic E-state index is 0.0870. The third-order valence-corrected chi connectivity index (χ3v) is 3.51. The molecule has 0 aliphatic carbocycles. The highest BCUT2D eigenvalue weighted by molar-refractivity contribution is 5.41. The van der Waals surface area contributed by atoms with E-state index in [0.717, 1.165) is 24.5 Å². The maximum Gasteiger partial charge on any atom is 0.128 e. The average Bonchev–Trinajstić information content (AvgIpc) is 2.39. The second-order valence-corrected chi connectivity index (χ2v) is 4.86. The van der Waals surface area contributed by atoms with E-state index in [-0.39, 0.29) is 6.61 Å². The smallest absolute Gasteiger partial charge is 0.128 e. The van der Waals surface area contributed by atoms with E-state index in [9.17, 15) is 0 Å². The van der Waals surface area contributed by atoms with E-state index >= 15 is 0 Å². The van der Waals surface area contributed by atoms with E-state index in [2.05, 4.69) is 28.9 Å². The first-order valence-corrected chi connectivity index (χ1v) is 6.18. The number of aliphatic hydroxyl groups excluding tert-OH is 1. The summed E-state index contributed by atoms with van der Waals surface area (Å²) in [6.07, 6.45) is 4.13. The second-order valence-electron chi connectivity index (χ2n) is 4.86. The molecule has 1 aliphatic heterocycles. The predicted molar refractivity (Wildman–Crippen MR) is 69.1 cm³/mol. The molecule has 2 rings (SSSR count). The number of aliphatic hydroxyl groups is 1. The van der Waals surface area contributed by atoms with Crippen LogP contribution in [0, 0.1) is 0 Å². The summed E-state index contributed by atoms with van der Waals surface area (Å²) < 4.78 is 0. The van der Waals surface area contributed by atoms with Crippen molar-refractivity contribution < 1.29 is 5.11 Å². The highest BCUT2D eigenvalue weighted by Crippen LogP contribution is 2.20. The van der Waals surface area contributed by atoms with Crippen LogP contribution in [0.5, 0.6) is 0 Å². The Bertz CT molecular complexity index is 359. The molecule has 94 valence electrons. The fourth-order valence-corrected chi connectivity index (χ4v) is 2.34. The molecular weight excluding hydrogens is 214 g/mol. The number of anilines is 1. The zero-order chi connectivity index (χ0) is 12.3. The Hall–Kier alpha value is -1.13. The third-order valence-electron chi connectivity index (χ3n) is 3.51. The zero-order valence-electron chi connectivity index (χ0n) is 10.6. The highest BCUT2D eigenvalue weighted by Gasteiger charge is 2.21. The van der Waals surface area contributed by atoms with Gasteiger partial charge in [-0.2, -0.15) is 0 Å². The van der Waals surface area contributed by atoms with Crippen LogP contribution in [0.4, 0.5) is 5.82 Å². The van der Waals surface area contributed by atoms with Crippen LogP contribution >= 0.6 is 0 Å². The topological polar surface area (TPSA) is 39.6 Å². The molecule has 1 aromatic rings. The van der Waals surface area contributed by atoms with Crippen molar-refractivity contribution in [3.8, 4) is 0 Å². The van der Waals surface area contributed by atoms with E-state index in [0.29, 0.717) is 6.04 Å².